The average Bonchev–Trinajstić information content (AvgIpc) is 3.19. The first-order valence-corrected chi connectivity index (χ1v) is 8.57. The summed E-state index contributed by atoms with van der Waals surface area (Å²) >= 11 is 0. The molecule has 7 nitrogen and oxygen atoms in total. The maximum Gasteiger partial charge on any atom is 0.240 e. The number of ether oxygens (including phenoxy) is 1. The van der Waals surface area contributed by atoms with Crippen molar-refractivity contribution in [1.29, 1.82) is 0 Å². The van der Waals surface area contributed by atoms with Crippen LogP contribution in [0.2, 0.25) is 0 Å². The Labute approximate surface area is 135 Å². The quantitative estimate of drug-likeness (QED) is 0.669. The molecule has 0 spiro atoms. The SMILES string of the molecule is CC1CCNCC1NC(=O)CN1C(=O)C2C3CCC(O3)C2C1=O. The molecule has 0 aliphatic carbocycles. The number of nitrogens with one attached hydrogen (secondary N) is 2. The predicted molar refractivity (Wildman–Crippen MR) is 80.2 cm³/mol. The summed E-state index contributed by atoms with van der Waals surface area (Å²) in [6.45, 7) is 3.64. The summed E-state index contributed by atoms with van der Waals surface area (Å²) in [7, 11) is 0. The minimum Gasteiger partial charge on any atom is -0.373 e. The highest BCUT2D eigenvalue weighted by Gasteiger charge is 2.62. The van der Waals surface area contributed by atoms with E-state index in [1.807, 2.05) is 0 Å². The molecule has 0 aromatic rings. The molecule has 4 aliphatic heterocycles. The summed E-state index contributed by atoms with van der Waals surface area (Å²) in [4.78, 5) is 38.5. The number of nitrogens with zero attached hydrogens (tertiary/aromatic N) is 1. The number of rotatable bonds is 3. The van der Waals surface area contributed by atoms with Crippen LogP contribution >= 0.6 is 0 Å². The van der Waals surface area contributed by atoms with E-state index < -0.39 is 0 Å². The van der Waals surface area contributed by atoms with Gasteiger partial charge in [0.25, 0.3) is 0 Å². The van der Waals surface area contributed by atoms with E-state index in [1.165, 1.54) is 0 Å². The molecule has 2 N–H and O–H groups in total. The predicted octanol–water partition coefficient (Wildman–Crippen LogP) is -0.737. The molecular formula is C16H23N3O4. The summed E-state index contributed by atoms with van der Waals surface area (Å²) in [5, 5.41) is 6.22. The van der Waals surface area contributed by atoms with Crippen LogP contribution in [0.5, 0.6) is 0 Å². The minimum absolute atomic E-state index is 0.0584. The van der Waals surface area contributed by atoms with Crippen LogP contribution < -0.4 is 10.6 Å². The van der Waals surface area contributed by atoms with Crippen molar-refractivity contribution in [3.05, 3.63) is 0 Å². The molecule has 4 aliphatic rings. The van der Waals surface area contributed by atoms with Gasteiger partial charge in [-0.15, -0.1) is 0 Å². The number of carbonyl (C=O) groups is 3. The summed E-state index contributed by atoms with van der Waals surface area (Å²) in [5.41, 5.74) is 0. The van der Waals surface area contributed by atoms with Crippen LogP contribution in [0.3, 0.4) is 0 Å². The molecule has 2 bridgehead atoms. The lowest BCUT2D eigenvalue weighted by atomic mass is 9.81. The van der Waals surface area contributed by atoms with Gasteiger partial charge in [0, 0.05) is 12.6 Å². The molecule has 4 fully saturated rings. The smallest absolute Gasteiger partial charge is 0.240 e. The van der Waals surface area contributed by atoms with Crippen LogP contribution in [0.15, 0.2) is 0 Å². The van der Waals surface area contributed by atoms with Gasteiger partial charge in [-0.05, 0) is 31.7 Å². The van der Waals surface area contributed by atoms with Gasteiger partial charge in [0.05, 0.1) is 24.0 Å². The van der Waals surface area contributed by atoms with Crippen LogP contribution in [-0.2, 0) is 19.1 Å². The van der Waals surface area contributed by atoms with E-state index in [0.29, 0.717) is 5.92 Å². The van der Waals surface area contributed by atoms with Crippen molar-refractivity contribution in [2.24, 2.45) is 17.8 Å². The molecule has 0 radical (unpaired) electrons. The lowest BCUT2D eigenvalue weighted by Gasteiger charge is -2.30. The van der Waals surface area contributed by atoms with E-state index >= 15 is 0 Å². The molecule has 0 aromatic heterocycles. The summed E-state index contributed by atoms with van der Waals surface area (Å²) < 4.78 is 5.69. The molecule has 6 unspecified atom stereocenters. The molecule has 4 saturated heterocycles. The zero-order valence-electron chi connectivity index (χ0n) is 13.3. The fraction of sp³-hybridized carbons (Fsp3) is 0.812. The first-order chi connectivity index (χ1) is 11.1. The lowest BCUT2D eigenvalue weighted by Crippen LogP contribution is -2.53. The molecule has 6 atom stereocenters. The highest BCUT2D eigenvalue weighted by Crippen LogP contribution is 2.48. The van der Waals surface area contributed by atoms with Gasteiger partial charge >= 0.3 is 0 Å². The maximum atomic E-state index is 12.5. The van der Waals surface area contributed by atoms with Gasteiger partial charge in [-0.1, -0.05) is 6.92 Å². The average molecular weight is 321 g/mol. The number of hydrogen-bond acceptors (Lipinski definition) is 5. The monoisotopic (exact) mass is 321 g/mol. The van der Waals surface area contributed by atoms with Gasteiger partial charge in [0.15, 0.2) is 0 Å². The second kappa shape index (κ2) is 5.56. The normalized spacial score (nSPS) is 42.2. The second-order valence-corrected chi connectivity index (χ2v) is 7.25. The largest absolute Gasteiger partial charge is 0.373 e. The van der Waals surface area contributed by atoms with Crippen molar-refractivity contribution in [1.82, 2.24) is 15.5 Å². The third-order valence-electron chi connectivity index (χ3n) is 5.85. The van der Waals surface area contributed by atoms with Crippen molar-refractivity contribution in [2.75, 3.05) is 19.6 Å². The Bertz CT molecular complexity index is 523. The van der Waals surface area contributed by atoms with E-state index in [1.54, 1.807) is 0 Å². The van der Waals surface area contributed by atoms with E-state index in [0.717, 1.165) is 37.3 Å². The fourth-order valence-electron chi connectivity index (χ4n) is 4.51. The van der Waals surface area contributed by atoms with Gasteiger partial charge in [-0.2, -0.15) is 0 Å². The van der Waals surface area contributed by atoms with Gasteiger partial charge in [-0.25, -0.2) is 0 Å². The Balaban J connectivity index is 1.40. The van der Waals surface area contributed by atoms with Crippen LogP contribution in [0.25, 0.3) is 0 Å². The van der Waals surface area contributed by atoms with Gasteiger partial charge in [0.2, 0.25) is 17.7 Å². The summed E-state index contributed by atoms with van der Waals surface area (Å²) in [6.07, 6.45) is 2.44. The third-order valence-corrected chi connectivity index (χ3v) is 5.85. The Kier molecular flexibility index (Phi) is 3.65. The van der Waals surface area contributed by atoms with Crippen molar-refractivity contribution in [3.63, 3.8) is 0 Å². The highest BCUT2D eigenvalue weighted by molar-refractivity contribution is 6.08. The van der Waals surface area contributed by atoms with Gasteiger partial charge < -0.3 is 15.4 Å². The summed E-state index contributed by atoms with van der Waals surface area (Å²) in [6, 6.07) is 0.0584. The standard InChI is InChI=1S/C16H23N3O4/c1-8-4-5-17-6-9(8)18-12(20)7-19-15(21)13-10-2-3-11(23-10)14(13)16(19)22/h8-11,13-14,17H,2-7H2,1H3,(H,18,20). The fourth-order valence-corrected chi connectivity index (χ4v) is 4.51. The van der Waals surface area contributed by atoms with Crippen molar-refractivity contribution in [3.8, 4) is 0 Å². The molecule has 23 heavy (non-hydrogen) atoms. The van der Waals surface area contributed by atoms with E-state index in [2.05, 4.69) is 17.6 Å². The summed E-state index contributed by atoms with van der Waals surface area (Å²) in [5.74, 6) is -1.02. The van der Waals surface area contributed by atoms with Crippen LogP contribution in [-0.4, -0.2) is 60.5 Å². The molecule has 7 heteroatoms. The number of imide groups is 1. The maximum absolute atomic E-state index is 12.5. The van der Waals surface area contributed by atoms with Gasteiger partial charge in [0.1, 0.15) is 6.54 Å². The second-order valence-electron chi connectivity index (χ2n) is 7.25. The van der Waals surface area contributed by atoms with E-state index in [-0.39, 0.29) is 54.4 Å². The molecule has 4 heterocycles. The zero-order chi connectivity index (χ0) is 16.1. The van der Waals surface area contributed by atoms with Crippen molar-refractivity contribution < 1.29 is 19.1 Å². The highest BCUT2D eigenvalue weighted by atomic mass is 16.5. The molecule has 4 rings (SSSR count). The lowest BCUT2D eigenvalue weighted by molar-refractivity contribution is -0.146. The third kappa shape index (κ3) is 2.37. The Morgan fingerprint density at radius 1 is 1.22 bits per heavy atom. The van der Waals surface area contributed by atoms with Crippen LogP contribution in [0.4, 0.5) is 0 Å². The van der Waals surface area contributed by atoms with Gasteiger partial charge in [-0.3, -0.25) is 19.3 Å². The Hall–Kier alpha value is -1.47. The van der Waals surface area contributed by atoms with Crippen molar-refractivity contribution in [2.45, 2.75) is 44.4 Å². The molecular weight excluding hydrogens is 298 g/mol. The van der Waals surface area contributed by atoms with E-state index in [9.17, 15) is 14.4 Å². The topological polar surface area (TPSA) is 87.7 Å². The number of fused-ring (bicyclic) bond motifs is 5. The number of carbonyl (C=O) groups excluding carboxylic acids is 3. The molecule has 0 saturated carbocycles. The number of likely N-dealkylation sites (tertiary alicyclic amines) is 1. The number of hydrogen-bond donors (Lipinski definition) is 2. The zero-order valence-corrected chi connectivity index (χ0v) is 13.3. The number of amides is 3. The Morgan fingerprint density at radius 3 is 2.48 bits per heavy atom. The molecule has 0 aromatic carbocycles. The number of piperidine rings is 1. The minimum atomic E-state index is -0.357. The van der Waals surface area contributed by atoms with Crippen molar-refractivity contribution >= 4 is 17.7 Å². The van der Waals surface area contributed by atoms with Crippen LogP contribution in [0, 0.1) is 17.8 Å². The molecule has 126 valence electrons. The van der Waals surface area contributed by atoms with E-state index in [4.69, 9.17) is 4.74 Å². The Morgan fingerprint density at radius 2 is 1.87 bits per heavy atom. The van der Waals surface area contributed by atoms with Crippen LogP contribution in [0.1, 0.15) is 26.2 Å². The first kappa shape index (κ1) is 15.1. The first-order valence-electron chi connectivity index (χ1n) is 8.57. The molecule has 3 amide bonds.